The number of hydrogen-bond acceptors (Lipinski definition) is 7. The van der Waals surface area contributed by atoms with Crippen molar-refractivity contribution in [2.45, 2.75) is 29.9 Å². The highest BCUT2D eigenvalue weighted by Gasteiger charge is 2.33. The SMILES string of the molecule is CCOc1ccc(-c2noc([C@H]3CCCN(S(=O)(=O)c4cccs4)C3)n2)cc1. The standard InChI is InChI=1S/C19H21N3O4S2/c1-2-25-16-9-7-14(8-10-16)18-20-19(26-21-18)15-5-3-11-22(13-15)28(23,24)17-6-4-12-27-17/h4,6-10,12,15H,2-3,5,11,13H2,1H3/t15-/m0/s1. The molecular weight excluding hydrogens is 398 g/mol. The Labute approximate surface area is 168 Å². The number of rotatable bonds is 6. The van der Waals surface area contributed by atoms with Gasteiger partial charge in [0.15, 0.2) is 0 Å². The van der Waals surface area contributed by atoms with Crippen LogP contribution in [-0.2, 0) is 10.0 Å². The van der Waals surface area contributed by atoms with Crippen molar-refractivity contribution in [2.75, 3.05) is 19.7 Å². The Morgan fingerprint density at radius 3 is 2.82 bits per heavy atom. The summed E-state index contributed by atoms with van der Waals surface area (Å²) < 4.78 is 38.4. The molecule has 4 rings (SSSR count). The third-order valence-corrected chi connectivity index (χ3v) is 7.93. The van der Waals surface area contributed by atoms with Gasteiger partial charge in [-0.25, -0.2) is 8.42 Å². The molecule has 1 atom stereocenters. The minimum absolute atomic E-state index is 0.104. The molecule has 0 spiro atoms. The van der Waals surface area contributed by atoms with Crippen LogP contribution in [0.5, 0.6) is 5.75 Å². The second kappa shape index (κ2) is 8.02. The lowest BCUT2D eigenvalue weighted by Gasteiger charge is -2.29. The van der Waals surface area contributed by atoms with Gasteiger partial charge in [-0.1, -0.05) is 11.2 Å². The van der Waals surface area contributed by atoms with Crippen molar-refractivity contribution in [3.8, 4) is 17.1 Å². The summed E-state index contributed by atoms with van der Waals surface area (Å²) in [6.45, 7) is 3.41. The zero-order valence-corrected chi connectivity index (χ0v) is 17.1. The zero-order valence-electron chi connectivity index (χ0n) is 15.4. The van der Waals surface area contributed by atoms with Crippen molar-refractivity contribution in [2.24, 2.45) is 0 Å². The first-order chi connectivity index (χ1) is 13.6. The molecule has 2 aromatic heterocycles. The molecule has 0 saturated carbocycles. The molecule has 3 heterocycles. The largest absolute Gasteiger partial charge is 0.494 e. The van der Waals surface area contributed by atoms with Gasteiger partial charge in [-0.05, 0) is 55.5 Å². The molecule has 0 N–H and O–H groups in total. The average molecular weight is 420 g/mol. The van der Waals surface area contributed by atoms with Crippen LogP contribution >= 0.6 is 11.3 Å². The smallest absolute Gasteiger partial charge is 0.252 e. The summed E-state index contributed by atoms with van der Waals surface area (Å²) in [6, 6.07) is 10.9. The summed E-state index contributed by atoms with van der Waals surface area (Å²) >= 11 is 1.24. The van der Waals surface area contributed by atoms with Crippen molar-refractivity contribution >= 4 is 21.4 Å². The van der Waals surface area contributed by atoms with E-state index in [-0.39, 0.29) is 5.92 Å². The van der Waals surface area contributed by atoms with Crippen molar-refractivity contribution in [1.29, 1.82) is 0 Å². The van der Waals surface area contributed by atoms with Gasteiger partial charge in [-0.15, -0.1) is 11.3 Å². The van der Waals surface area contributed by atoms with E-state index in [0.717, 1.165) is 24.2 Å². The van der Waals surface area contributed by atoms with Crippen LogP contribution in [0.25, 0.3) is 11.4 Å². The van der Waals surface area contributed by atoms with Crippen LogP contribution in [0.15, 0.2) is 50.5 Å². The molecule has 0 amide bonds. The fourth-order valence-corrected chi connectivity index (χ4v) is 5.95. The van der Waals surface area contributed by atoms with Gasteiger partial charge in [0.25, 0.3) is 10.0 Å². The van der Waals surface area contributed by atoms with Crippen LogP contribution in [0.4, 0.5) is 0 Å². The number of nitrogens with zero attached hydrogens (tertiary/aromatic N) is 3. The summed E-state index contributed by atoms with van der Waals surface area (Å²) in [4.78, 5) is 4.52. The van der Waals surface area contributed by atoms with Gasteiger partial charge < -0.3 is 9.26 Å². The molecule has 7 nitrogen and oxygen atoms in total. The fraction of sp³-hybridized carbons (Fsp3) is 0.368. The van der Waals surface area contributed by atoms with E-state index < -0.39 is 10.0 Å². The summed E-state index contributed by atoms with van der Waals surface area (Å²) in [5, 5.41) is 5.85. The summed E-state index contributed by atoms with van der Waals surface area (Å²) in [6.07, 6.45) is 1.58. The fourth-order valence-electron chi connectivity index (χ4n) is 3.28. The number of thiophene rings is 1. The maximum atomic E-state index is 12.8. The van der Waals surface area contributed by atoms with Gasteiger partial charge in [-0.3, -0.25) is 0 Å². The van der Waals surface area contributed by atoms with Crippen LogP contribution in [0, 0.1) is 0 Å². The first-order valence-corrected chi connectivity index (χ1v) is 11.5. The molecule has 0 unspecified atom stereocenters. The first kappa shape index (κ1) is 19.1. The van der Waals surface area contributed by atoms with Gasteiger partial charge in [0.1, 0.15) is 9.96 Å². The lowest BCUT2D eigenvalue weighted by molar-refractivity contribution is 0.266. The lowest BCUT2D eigenvalue weighted by Crippen LogP contribution is -2.38. The van der Waals surface area contributed by atoms with Crippen molar-refractivity contribution in [1.82, 2.24) is 14.4 Å². The minimum Gasteiger partial charge on any atom is -0.494 e. The monoisotopic (exact) mass is 419 g/mol. The van der Waals surface area contributed by atoms with E-state index in [1.807, 2.05) is 31.2 Å². The number of sulfonamides is 1. The Hall–Kier alpha value is -2.23. The Morgan fingerprint density at radius 1 is 1.29 bits per heavy atom. The summed E-state index contributed by atoms with van der Waals surface area (Å²) in [5.74, 6) is 1.66. The molecule has 28 heavy (non-hydrogen) atoms. The summed E-state index contributed by atoms with van der Waals surface area (Å²) in [7, 11) is -3.47. The van der Waals surface area contributed by atoms with Gasteiger partial charge in [0, 0.05) is 18.7 Å². The molecule has 1 saturated heterocycles. The normalized spacial score (nSPS) is 18.2. The Morgan fingerprint density at radius 2 is 2.11 bits per heavy atom. The first-order valence-electron chi connectivity index (χ1n) is 9.18. The third-order valence-electron chi connectivity index (χ3n) is 4.69. The second-order valence-corrected chi connectivity index (χ2v) is 9.66. The van der Waals surface area contributed by atoms with E-state index in [4.69, 9.17) is 9.26 Å². The van der Waals surface area contributed by atoms with Crippen LogP contribution in [0.1, 0.15) is 31.6 Å². The van der Waals surface area contributed by atoms with E-state index in [9.17, 15) is 8.42 Å². The number of hydrogen-bond donors (Lipinski definition) is 0. The molecule has 1 aliphatic heterocycles. The highest BCUT2D eigenvalue weighted by atomic mass is 32.2. The molecule has 0 radical (unpaired) electrons. The quantitative estimate of drug-likeness (QED) is 0.605. The zero-order chi connectivity index (χ0) is 19.6. The maximum absolute atomic E-state index is 12.8. The predicted octanol–water partition coefficient (Wildman–Crippen LogP) is 3.77. The van der Waals surface area contributed by atoms with Crippen molar-refractivity contribution in [3.63, 3.8) is 0 Å². The Bertz CT molecular complexity index is 1010. The number of benzene rings is 1. The minimum atomic E-state index is -3.47. The van der Waals surface area contributed by atoms with Crippen LogP contribution in [0.2, 0.25) is 0 Å². The molecule has 148 valence electrons. The molecular formula is C19H21N3O4S2. The van der Waals surface area contributed by atoms with E-state index in [1.54, 1.807) is 17.5 Å². The predicted molar refractivity (Wildman–Crippen MR) is 106 cm³/mol. The van der Waals surface area contributed by atoms with Crippen LogP contribution in [-0.4, -0.2) is 42.6 Å². The number of aromatic nitrogens is 2. The van der Waals surface area contributed by atoms with Crippen LogP contribution < -0.4 is 4.74 Å². The Balaban J connectivity index is 1.50. The second-order valence-electron chi connectivity index (χ2n) is 6.55. The van der Waals surface area contributed by atoms with Gasteiger partial charge in [-0.2, -0.15) is 9.29 Å². The third kappa shape index (κ3) is 3.82. The molecule has 0 aliphatic carbocycles. The lowest BCUT2D eigenvalue weighted by atomic mass is 10.00. The van der Waals surface area contributed by atoms with E-state index in [1.165, 1.54) is 15.6 Å². The molecule has 1 fully saturated rings. The van der Waals surface area contributed by atoms with Crippen molar-refractivity contribution < 1.29 is 17.7 Å². The highest BCUT2D eigenvalue weighted by molar-refractivity contribution is 7.91. The average Bonchev–Trinajstić information content (AvgIpc) is 3.42. The van der Waals surface area contributed by atoms with Gasteiger partial charge in [0.05, 0.1) is 12.5 Å². The van der Waals surface area contributed by atoms with Gasteiger partial charge >= 0.3 is 0 Å². The molecule has 0 bridgehead atoms. The van der Waals surface area contributed by atoms with Crippen molar-refractivity contribution in [3.05, 3.63) is 47.7 Å². The topological polar surface area (TPSA) is 85.5 Å². The maximum Gasteiger partial charge on any atom is 0.252 e. The van der Waals surface area contributed by atoms with E-state index in [2.05, 4.69) is 10.1 Å². The Kier molecular flexibility index (Phi) is 5.47. The molecule has 3 aromatic rings. The van der Waals surface area contributed by atoms with E-state index in [0.29, 0.717) is 35.6 Å². The summed E-state index contributed by atoms with van der Waals surface area (Å²) in [5.41, 5.74) is 0.831. The van der Waals surface area contributed by atoms with Gasteiger partial charge in [0.2, 0.25) is 11.7 Å². The highest BCUT2D eigenvalue weighted by Crippen LogP contribution is 2.31. The van der Waals surface area contributed by atoms with Crippen LogP contribution in [0.3, 0.4) is 0 Å². The number of piperidine rings is 1. The molecule has 1 aliphatic rings. The molecule has 9 heteroatoms. The molecule has 1 aromatic carbocycles. The number of ether oxygens (including phenoxy) is 1. The van der Waals surface area contributed by atoms with E-state index >= 15 is 0 Å².